The van der Waals surface area contributed by atoms with Gasteiger partial charge in [-0.3, -0.25) is 18.7 Å². The predicted octanol–water partition coefficient (Wildman–Crippen LogP) is 3.24. The van der Waals surface area contributed by atoms with Gasteiger partial charge in [0, 0.05) is 20.0 Å². The van der Waals surface area contributed by atoms with Crippen molar-refractivity contribution in [2.24, 2.45) is 7.05 Å². The maximum Gasteiger partial charge on any atom is 0.331 e. The van der Waals surface area contributed by atoms with E-state index in [4.69, 9.17) is 9.57 Å². The molecular weight excluding hydrogens is 517 g/mol. The monoisotopic (exact) mass is 541 g/mol. The van der Waals surface area contributed by atoms with Gasteiger partial charge >= 0.3 is 11.7 Å². The van der Waals surface area contributed by atoms with E-state index in [0.717, 1.165) is 4.57 Å². The van der Waals surface area contributed by atoms with Crippen LogP contribution in [-0.4, -0.2) is 23.5 Å². The van der Waals surface area contributed by atoms with E-state index in [-0.39, 0.29) is 24.3 Å². The predicted molar refractivity (Wildman–Crippen MR) is 137 cm³/mol. The summed E-state index contributed by atoms with van der Waals surface area (Å²) < 4.78 is 45.9. The van der Waals surface area contributed by atoms with E-state index in [1.54, 1.807) is 36.2 Å². The van der Waals surface area contributed by atoms with Crippen LogP contribution >= 0.6 is 0 Å². The third-order valence-electron chi connectivity index (χ3n) is 5.72. The van der Waals surface area contributed by atoms with Gasteiger partial charge in [-0.15, -0.1) is 0 Å². The van der Waals surface area contributed by atoms with Crippen LogP contribution in [0.1, 0.15) is 19.3 Å². The van der Waals surface area contributed by atoms with Crippen LogP contribution in [0.5, 0.6) is 11.5 Å². The Balaban J connectivity index is 1.27. The van der Waals surface area contributed by atoms with Crippen LogP contribution in [0.25, 0.3) is 10.9 Å². The molecule has 10 nitrogen and oxygen atoms in total. The van der Waals surface area contributed by atoms with Gasteiger partial charge in [0.2, 0.25) is 0 Å². The van der Waals surface area contributed by atoms with Crippen LogP contribution in [0, 0.1) is 5.82 Å². The topological polar surface area (TPSA) is 126 Å². The Kier molecular flexibility index (Phi) is 8.03. The molecule has 4 aromatic rings. The van der Waals surface area contributed by atoms with Gasteiger partial charge in [0.25, 0.3) is 15.6 Å². The van der Waals surface area contributed by atoms with Crippen molar-refractivity contribution in [1.82, 2.24) is 14.0 Å². The van der Waals surface area contributed by atoms with Crippen LogP contribution in [0.2, 0.25) is 0 Å². The zero-order valence-electron chi connectivity index (χ0n) is 20.3. The van der Waals surface area contributed by atoms with E-state index >= 15 is 0 Å². The number of aromatic nitrogens is 2. The number of hydrogen-bond donors (Lipinski definition) is 1. The zero-order chi connectivity index (χ0) is 27.3. The molecule has 0 unspecified atom stereocenters. The smallest absolute Gasteiger partial charge is 0.331 e. The summed E-state index contributed by atoms with van der Waals surface area (Å²) in [5.41, 5.74) is -0.337. The molecule has 0 fully saturated rings. The first-order chi connectivity index (χ1) is 18.2. The largest absolute Gasteiger partial charge is 0.457 e. The fraction of sp³-hybridized carbons (Fsp3) is 0.192. The number of rotatable bonds is 10. The highest BCUT2D eigenvalue weighted by atomic mass is 32.2. The third-order valence-corrected chi connectivity index (χ3v) is 6.92. The van der Waals surface area contributed by atoms with Gasteiger partial charge in [-0.25, -0.2) is 17.6 Å². The first-order valence-corrected chi connectivity index (χ1v) is 13.1. The fourth-order valence-electron chi connectivity index (χ4n) is 3.73. The number of halogens is 1. The molecule has 1 aromatic heterocycles. The average molecular weight is 542 g/mol. The Morgan fingerprint density at radius 1 is 0.921 bits per heavy atom. The molecule has 1 N–H and O–H groups in total. The number of unbranched alkanes of at least 4 members (excludes halogenated alkanes) is 1. The molecule has 0 saturated carbocycles. The first kappa shape index (κ1) is 26.8. The first-order valence-electron chi connectivity index (χ1n) is 11.6. The maximum absolute atomic E-state index is 13.0. The van der Waals surface area contributed by atoms with E-state index in [9.17, 15) is 27.2 Å². The Labute approximate surface area is 216 Å². The van der Waals surface area contributed by atoms with Crippen LogP contribution in [0.4, 0.5) is 4.39 Å². The molecule has 0 aliphatic rings. The molecule has 0 bridgehead atoms. The normalized spacial score (nSPS) is 11.4. The number of hydrogen-bond acceptors (Lipinski definition) is 7. The number of benzene rings is 3. The quantitative estimate of drug-likeness (QED) is 0.241. The molecule has 0 atom stereocenters. The van der Waals surface area contributed by atoms with Crippen LogP contribution in [0.15, 0.2) is 87.3 Å². The highest BCUT2D eigenvalue weighted by Gasteiger charge is 2.17. The van der Waals surface area contributed by atoms with Crippen molar-refractivity contribution in [1.29, 1.82) is 0 Å². The lowest BCUT2D eigenvalue weighted by Crippen LogP contribution is -2.39. The Hall–Kier alpha value is -4.29. The number of aryl methyl sites for hydroxylation is 1. The highest BCUT2D eigenvalue weighted by molar-refractivity contribution is 7.89. The average Bonchev–Trinajstić information content (AvgIpc) is 2.92. The lowest BCUT2D eigenvalue weighted by atomic mass is 10.2. The van der Waals surface area contributed by atoms with Gasteiger partial charge in [-0.2, -0.15) is 0 Å². The molecule has 0 amide bonds. The number of fused-ring (bicyclic) bond motifs is 1. The molecule has 0 saturated heterocycles. The zero-order valence-corrected chi connectivity index (χ0v) is 21.1. The van der Waals surface area contributed by atoms with Crippen molar-refractivity contribution in [2.75, 3.05) is 0 Å². The fourth-order valence-corrected chi connectivity index (χ4v) is 4.52. The standard InChI is InChI=1S/C26H24FN3O7S/c1-29-23-7-3-2-6-22(23)25(32)30(26(29)33)17-5-4-8-24(31)37-28-38(34,35)21-15-13-20(14-16-21)36-19-11-9-18(27)10-12-19/h2-3,6-7,9-16,28H,4-5,8,17H2,1H3. The van der Waals surface area contributed by atoms with E-state index < -0.39 is 33.1 Å². The van der Waals surface area contributed by atoms with E-state index in [1.165, 1.54) is 53.1 Å². The van der Waals surface area contributed by atoms with Crippen molar-refractivity contribution in [3.63, 3.8) is 0 Å². The number of sulfonamides is 1. The second-order valence-corrected chi connectivity index (χ2v) is 10.0. The van der Waals surface area contributed by atoms with Gasteiger partial charge < -0.3 is 9.57 Å². The minimum Gasteiger partial charge on any atom is -0.457 e. The minimum absolute atomic E-state index is 0.0989. The molecule has 0 aliphatic carbocycles. The van der Waals surface area contributed by atoms with Crippen LogP contribution in [0.3, 0.4) is 0 Å². The van der Waals surface area contributed by atoms with E-state index in [1.807, 2.05) is 0 Å². The molecule has 3 aromatic carbocycles. The summed E-state index contributed by atoms with van der Waals surface area (Å²) in [4.78, 5) is 43.6. The number of nitrogens with one attached hydrogen (secondary N) is 1. The summed E-state index contributed by atoms with van der Waals surface area (Å²) in [6, 6.07) is 17.4. The van der Waals surface area contributed by atoms with E-state index in [2.05, 4.69) is 0 Å². The van der Waals surface area contributed by atoms with E-state index in [0.29, 0.717) is 28.8 Å². The lowest BCUT2D eigenvalue weighted by Gasteiger charge is -2.11. The highest BCUT2D eigenvalue weighted by Crippen LogP contribution is 2.23. The molecule has 0 radical (unpaired) electrons. The SMILES string of the molecule is Cn1c(=O)n(CCCCC(=O)ONS(=O)(=O)c2ccc(Oc3ccc(F)cc3)cc2)c(=O)c2ccccc21. The molecule has 12 heteroatoms. The second kappa shape index (κ2) is 11.4. The van der Waals surface area contributed by atoms with Gasteiger partial charge in [-0.05, 0) is 78.4 Å². The third kappa shape index (κ3) is 6.15. The Bertz CT molecular complexity index is 1680. The number of carbonyl (C=O) groups excluding carboxylic acids is 1. The van der Waals surface area contributed by atoms with Crippen molar-refractivity contribution in [3.05, 3.63) is 99.5 Å². The number of ether oxygens (including phenoxy) is 1. The number of carbonyl (C=O) groups is 1. The Morgan fingerprint density at radius 3 is 2.24 bits per heavy atom. The Morgan fingerprint density at radius 2 is 1.55 bits per heavy atom. The molecule has 4 rings (SSSR count). The van der Waals surface area contributed by atoms with Crippen LogP contribution in [-0.2, 0) is 33.2 Å². The minimum atomic E-state index is -4.15. The molecule has 0 spiro atoms. The van der Waals surface area contributed by atoms with Crippen molar-refractivity contribution in [2.45, 2.75) is 30.7 Å². The van der Waals surface area contributed by atoms with Crippen LogP contribution < -0.4 is 20.9 Å². The summed E-state index contributed by atoms with van der Waals surface area (Å²) >= 11 is 0. The summed E-state index contributed by atoms with van der Waals surface area (Å²) in [6.45, 7) is 0.0989. The van der Waals surface area contributed by atoms with Crippen molar-refractivity contribution >= 4 is 26.9 Å². The number of para-hydroxylation sites is 1. The number of nitrogens with zero attached hydrogens (tertiary/aromatic N) is 2. The molecule has 198 valence electrons. The second-order valence-electron chi connectivity index (χ2n) is 8.36. The summed E-state index contributed by atoms with van der Waals surface area (Å²) in [5, 5.41) is 0.415. The molecule has 0 aliphatic heterocycles. The molecular formula is C26H24FN3O7S. The molecule has 38 heavy (non-hydrogen) atoms. The van der Waals surface area contributed by atoms with Crippen molar-refractivity contribution < 1.29 is 27.2 Å². The summed E-state index contributed by atoms with van der Waals surface area (Å²) in [6.07, 6.45) is 0.457. The van der Waals surface area contributed by atoms with Gasteiger partial charge in [0.15, 0.2) is 0 Å². The maximum atomic E-state index is 13.0. The van der Waals surface area contributed by atoms with Gasteiger partial charge in [0.1, 0.15) is 17.3 Å². The lowest BCUT2D eigenvalue weighted by molar-refractivity contribution is -0.147. The summed E-state index contributed by atoms with van der Waals surface area (Å²) in [7, 11) is -2.57. The summed E-state index contributed by atoms with van der Waals surface area (Å²) in [5.74, 6) is -0.526. The molecule has 1 heterocycles. The van der Waals surface area contributed by atoms with Gasteiger partial charge in [-0.1, -0.05) is 12.1 Å². The van der Waals surface area contributed by atoms with Crippen molar-refractivity contribution in [3.8, 4) is 11.5 Å². The van der Waals surface area contributed by atoms with Gasteiger partial charge in [0.05, 0.1) is 15.8 Å².